The number of carboxylic acid groups (broad SMARTS) is 1. The summed E-state index contributed by atoms with van der Waals surface area (Å²) in [6.07, 6.45) is 1.72. The van der Waals surface area contributed by atoms with Crippen molar-refractivity contribution in [2.75, 3.05) is 0 Å². The minimum atomic E-state index is -1.14. The normalized spacial score (nSPS) is 18.5. The number of amidine groups is 1. The minimum absolute atomic E-state index is 0.131. The summed E-state index contributed by atoms with van der Waals surface area (Å²) in [7, 11) is 0. The number of carboxylic acids is 1. The molecule has 4 N–H and O–H groups in total. The lowest BCUT2D eigenvalue weighted by molar-refractivity contribution is -0.141. The van der Waals surface area contributed by atoms with Crippen molar-refractivity contribution < 1.29 is 19.5 Å². The Morgan fingerprint density at radius 3 is 2.79 bits per heavy atom. The van der Waals surface area contributed by atoms with Gasteiger partial charge in [0.05, 0.1) is 0 Å². The van der Waals surface area contributed by atoms with E-state index >= 15 is 0 Å². The van der Waals surface area contributed by atoms with Gasteiger partial charge in [-0.1, -0.05) is 30.0 Å². The third-order valence-electron chi connectivity index (χ3n) is 4.22. The largest absolute Gasteiger partial charge is 0.480 e. The summed E-state index contributed by atoms with van der Waals surface area (Å²) < 4.78 is 0. The zero-order chi connectivity index (χ0) is 21.0. The summed E-state index contributed by atoms with van der Waals surface area (Å²) in [4.78, 5) is 39.2. The number of amides is 2. The van der Waals surface area contributed by atoms with E-state index < -0.39 is 23.2 Å². The monoisotopic (exact) mass is 415 g/mol. The highest BCUT2D eigenvalue weighted by Gasteiger charge is 2.33. The Hall–Kier alpha value is -3.14. The van der Waals surface area contributed by atoms with Gasteiger partial charge in [0.1, 0.15) is 11.3 Å². The predicted octanol–water partition coefficient (Wildman–Crippen LogP) is 1.65. The third kappa shape index (κ3) is 5.23. The number of H-pyrrole nitrogens is 1. The van der Waals surface area contributed by atoms with Crippen LogP contribution in [0.1, 0.15) is 25.8 Å². The van der Waals surface area contributed by atoms with Gasteiger partial charge in [0.2, 0.25) is 11.8 Å². The smallest absolute Gasteiger partial charge is 0.326 e. The Morgan fingerprint density at radius 2 is 2.07 bits per heavy atom. The minimum Gasteiger partial charge on any atom is -0.480 e. The molecule has 1 fully saturated rings. The number of aromatic amines is 1. The van der Waals surface area contributed by atoms with Crippen molar-refractivity contribution >= 4 is 51.3 Å². The van der Waals surface area contributed by atoms with Crippen LogP contribution < -0.4 is 10.6 Å². The summed E-state index contributed by atoms with van der Waals surface area (Å²) in [5, 5.41) is 22.9. The van der Waals surface area contributed by atoms with Crippen molar-refractivity contribution in [2.45, 2.75) is 38.0 Å². The molecular weight excluding hydrogens is 394 g/mol. The summed E-state index contributed by atoms with van der Waals surface area (Å²) in [5.41, 5.74) is 2.42. The van der Waals surface area contributed by atoms with E-state index in [0.29, 0.717) is 5.17 Å². The first-order valence-electron chi connectivity index (χ1n) is 8.97. The highest BCUT2D eigenvalue weighted by molar-refractivity contribution is 8.15. The predicted molar refractivity (Wildman–Crippen MR) is 112 cm³/mol. The molecule has 0 radical (unpaired) electrons. The maximum Gasteiger partial charge on any atom is 0.326 e. The number of thioether (sulfide) groups is 1. The van der Waals surface area contributed by atoms with E-state index in [9.17, 15) is 19.5 Å². The van der Waals surface area contributed by atoms with Crippen LogP contribution in [0.15, 0.2) is 40.7 Å². The molecule has 1 aromatic carbocycles. The number of nitrogens with zero attached hydrogens (tertiary/aromatic N) is 2. The molecule has 29 heavy (non-hydrogen) atoms. The number of aromatic nitrogens is 1. The Kier molecular flexibility index (Phi) is 6.32. The van der Waals surface area contributed by atoms with E-state index in [0.717, 1.165) is 33.9 Å². The molecule has 1 aromatic heterocycles. The summed E-state index contributed by atoms with van der Waals surface area (Å²) in [6.45, 7) is 3.55. The quantitative estimate of drug-likeness (QED) is 0.403. The third-order valence-corrected chi connectivity index (χ3v) is 5.29. The molecule has 2 heterocycles. The molecule has 9 nitrogen and oxygen atoms in total. The first-order valence-corrected chi connectivity index (χ1v) is 9.85. The van der Waals surface area contributed by atoms with Crippen molar-refractivity contribution in [2.24, 2.45) is 10.2 Å². The molecule has 2 amide bonds. The van der Waals surface area contributed by atoms with Crippen molar-refractivity contribution in [3.8, 4) is 0 Å². The van der Waals surface area contributed by atoms with Crippen molar-refractivity contribution in [3.63, 3.8) is 0 Å². The first-order chi connectivity index (χ1) is 13.8. The number of benzene rings is 1. The van der Waals surface area contributed by atoms with Crippen LogP contribution in [0.3, 0.4) is 0 Å². The van der Waals surface area contributed by atoms with Gasteiger partial charge in [-0.15, -0.1) is 5.10 Å². The van der Waals surface area contributed by atoms with Crippen molar-refractivity contribution in [3.05, 3.63) is 36.0 Å². The van der Waals surface area contributed by atoms with Gasteiger partial charge in [0, 0.05) is 35.7 Å². The lowest BCUT2D eigenvalue weighted by Gasteiger charge is -2.15. The zero-order valence-electron chi connectivity index (χ0n) is 15.9. The SMILES string of the molecule is CC(C)=N/N=C1\NC(=O)C(CC(=O)NC(Cc2c[nH]c3ccccc23)C(=O)O)S1. The second kappa shape index (κ2) is 8.91. The number of hydrogen-bond acceptors (Lipinski definition) is 6. The van der Waals surface area contributed by atoms with E-state index in [1.807, 2.05) is 24.3 Å². The van der Waals surface area contributed by atoms with Gasteiger partial charge in [0.15, 0.2) is 5.17 Å². The summed E-state index contributed by atoms with van der Waals surface area (Å²) in [6, 6.07) is 6.44. The van der Waals surface area contributed by atoms with Crippen LogP contribution in [0.4, 0.5) is 0 Å². The number of para-hydroxylation sites is 1. The number of aliphatic carboxylic acids is 1. The van der Waals surface area contributed by atoms with E-state index in [4.69, 9.17) is 0 Å². The second-order valence-corrected chi connectivity index (χ2v) is 7.97. The van der Waals surface area contributed by atoms with Gasteiger partial charge in [-0.2, -0.15) is 5.10 Å². The van der Waals surface area contributed by atoms with Crippen LogP contribution >= 0.6 is 11.8 Å². The zero-order valence-corrected chi connectivity index (χ0v) is 16.7. The van der Waals surface area contributed by atoms with Crippen molar-refractivity contribution in [1.82, 2.24) is 15.6 Å². The van der Waals surface area contributed by atoms with Crippen LogP contribution in [-0.4, -0.2) is 50.0 Å². The molecule has 0 bridgehead atoms. The number of carbonyl (C=O) groups is 3. The average molecular weight is 415 g/mol. The second-order valence-electron chi connectivity index (χ2n) is 6.77. The molecule has 3 rings (SSSR count). The van der Waals surface area contributed by atoms with Gasteiger partial charge < -0.3 is 20.7 Å². The number of rotatable bonds is 7. The Bertz CT molecular complexity index is 1010. The van der Waals surface area contributed by atoms with Gasteiger partial charge in [-0.3, -0.25) is 9.59 Å². The molecule has 0 aliphatic carbocycles. The molecule has 1 saturated heterocycles. The molecular formula is C19H21N5O4S. The van der Waals surface area contributed by atoms with E-state index in [1.54, 1.807) is 20.0 Å². The van der Waals surface area contributed by atoms with Crippen molar-refractivity contribution in [1.29, 1.82) is 0 Å². The van der Waals surface area contributed by atoms with Gasteiger partial charge in [0.25, 0.3) is 0 Å². The van der Waals surface area contributed by atoms with Crippen LogP contribution in [0.25, 0.3) is 10.9 Å². The standard InChI is InChI=1S/C19H21N5O4S/c1-10(2)23-24-19-22-17(26)15(29-19)8-16(25)21-14(18(27)28)7-11-9-20-13-6-4-3-5-12(11)13/h3-6,9,14-15,20H,7-8H2,1-2H3,(H,21,25)(H,27,28)(H,22,24,26). The van der Waals surface area contributed by atoms with E-state index in [-0.39, 0.29) is 18.7 Å². The Labute approximate surface area is 171 Å². The lowest BCUT2D eigenvalue weighted by Crippen LogP contribution is -2.43. The van der Waals surface area contributed by atoms with Crippen LogP contribution in [0.5, 0.6) is 0 Å². The maximum atomic E-state index is 12.4. The van der Waals surface area contributed by atoms with Crippen LogP contribution in [0, 0.1) is 0 Å². The molecule has 1 aliphatic heterocycles. The molecule has 2 unspecified atom stereocenters. The fourth-order valence-electron chi connectivity index (χ4n) is 2.87. The fraction of sp³-hybridized carbons (Fsp3) is 0.316. The lowest BCUT2D eigenvalue weighted by atomic mass is 10.0. The number of carbonyl (C=O) groups excluding carboxylic acids is 2. The molecule has 0 saturated carbocycles. The molecule has 0 spiro atoms. The van der Waals surface area contributed by atoms with E-state index in [2.05, 4.69) is 25.8 Å². The number of hydrogen-bond donors (Lipinski definition) is 4. The highest BCUT2D eigenvalue weighted by atomic mass is 32.2. The maximum absolute atomic E-state index is 12.4. The van der Waals surface area contributed by atoms with Crippen LogP contribution in [-0.2, 0) is 20.8 Å². The van der Waals surface area contributed by atoms with Gasteiger partial charge >= 0.3 is 5.97 Å². The summed E-state index contributed by atoms with van der Waals surface area (Å²) >= 11 is 1.10. The summed E-state index contributed by atoms with van der Waals surface area (Å²) in [5.74, 6) is -2.00. The van der Waals surface area contributed by atoms with Gasteiger partial charge in [-0.05, 0) is 25.5 Å². The van der Waals surface area contributed by atoms with Crippen LogP contribution in [0.2, 0.25) is 0 Å². The number of nitrogens with one attached hydrogen (secondary N) is 3. The fourth-order valence-corrected chi connectivity index (χ4v) is 3.79. The van der Waals surface area contributed by atoms with Gasteiger partial charge in [-0.25, -0.2) is 4.79 Å². The average Bonchev–Trinajstić information content (AvgIpc) is 3.23. The molecule has 1 aliphatic rings. The first kappa shape index (κ1) is 20.6. The number of fused-ring (bicyclic) bond motifs is 1. The molecule has 10 heteroatoms. The van der Waals surface area contributed by atoms with E-state index in [1.165, 1.54) is 0 Å². The Balaban J connectivity index is 1.63. The molecule has 2 aromatic rings. The molecule has 152 valence electrons. The Morgan fingerprint density at radius 1 is 1.31 bits per heavy atom. The molecule has 2 atom stereocenters. The highest BCUT2D eigenvalue weighted by Crippen LogP contribution is 2.23. The topological polar surface area (TPSA) is 136 Å².